The Morgan fingerprint density at radius 1 is 1.37 bits per heavy atom. The molecule has 1 aromatic rings. The van der Waals surface area contributed by atoms with Gasteiger partial charge >= 0.3 is 0 Å². The maximum Gasteiger partial charge on any atom is 0.247 e. The molecule has 104 valence electrons. The van der Waals surface area contributed by atoms with Crippen LogP contribution in [0.25, 0.3) is 6.08 Å². The number of rotatable bonds is 6. The Morgan fingerprint density at radius 2 is 2.05 bits per heavy atom. The van der Waals surface area contributed by atoms with Crippen molar-refractivity contribution in [3.05, 3.63) is 39.6 Å². The lowest BCUT2D eigenvalue weighted by Crippen LogP contribution is -2.03. The second-order valence-corrected chi connectivity index (χ2v) is 4.60. The molecule has 0 aliphatic carbocycles. The van der Waals surface area contributed by atoms with Gasteiger partial charge in [-0.25, -0.2) is 0 Å². The summed E-state index contributed by atoms with van der Waals surface area (Å²) >= 11 is 0. The van der Waals surface area contributed by atoms with Crippen molar-refractivity contribution in [3.8, 4) is 11.5 Å². The first-order chi connectivity index (χ1) is 8.97. The van der Waals surface area contributed by atoms with Crippen molar-refractivity contribution in [2.75, 3.05) is 14.2 Å². The molecule has 1 rings (SSSR count). The topological polar surface area (TPSA) is 61.6 Å². The van der Waals surface area contributed by atoms with E-state index in [1.807, 2.05) is 13.8 Å². The first-order valence-electron chi connectivity index (χ1n) is 6.05. The summed E-state index contributed by atoms with van der Waals surface area (Å²) in [6, 6.07) is 5.21. The summed E-state index contributed by atoms with van der Waals surface area (Å²) in [6.45, 7) is 3.89. The summed E-state index contributed by atoms with van der Waals surface area (Å²) < 4.78 is 10.3. The molecule has 1 aromatic carbocycles. The third-order valence-electron chi connectivity index (χ3n) is 2.61. The Labute approximate surface area is 113 Å². The Kier molecular flexibility index (Phi) is 5.36. The van der Waals surface area contributed by atoms with Crippen LogP contribution in [0.1, 0.15) is 25.8 Å². The van der Waals surface area contributed by atoms with Crippen LogP contribution >= 0.6 is 0 Å². The van der Waals surface area contributed by atoms with E-state index in [0.29, 0.717) is 23.5 Å². The highest BCUT2D eigenvalue weighted by molar-refractivity contribution is 5.60. The van der Waals surface area contributed by atoms with E-state index >= 15 is 0 Å². The normalized spacial score (nSPS) is 11.5. The Bertz CT molecular complexity index is 480. The van der Waals surface area contributed by atoms with E-state index in [1.165, 1.54) is 7.11 Å². The van der Waals surface area contributed by atoms with Crippen LogP contribution in [-0.4, -0.2) is 19.1 Å². The molecule has 0 amide bonds. The minimum absolute atomic E-state index is 0.168. The van der Waals surface area contributed by atoms with Crippen LogP contribution in [0.2, 0.25) is 0 Å². The molecule has 0 spiro atoms. The van der Waals surface area contributed by atoms with Crippen molar-refractivity contribution in [1.29, 1.82) is 0 Å². The number of hydrogen-bond donors (Lipinski definition) is 0. The second-order valence-electron chi connectivity index (χ2n) is 4.60. The van der Waals surface area contributed by atoms with Crippen LogP contribution < -0.4 is 9.47 Å². The third-order valence-corrected chi connectivity index (χ3v) is 2.61. The maximum absolute atomic E-state index is 11.1. The maximum atomic E-state index is 11.1. The standard InChI is InChI=1S/C14H19NO4/c1-10(2)7-12(15(16)17)8-11-9-13(18-3)5-6-14(11)19-4/h5-6,8-10H,7H2,1-4H3/b12-8-. The van der Waals surface area contributed by atoms with Gasteiger partial charge in [0.25, 0.3) is 0 Å². The van der Waals surface area contributed by atoms with Crippen molar-refractivity contribution >= 4 is 6.08 Å². The molecular formula is C14H19NO4. The van der Waals surface area contributed by atoms with Gasteiger partial charge in [-0.05, 0) is 24.1 Å². The highest BCUT2D eigenvalue weighted by Gasteiger charge is 2.15. The molecule has 0 unspecified atom stereocenters. The zero-order valence-electron chi connectivity index (χ0n) is 11.7. The molecule has 0 aliphatic heterocycles. The van der Waals surface area contributed by atoms with Crippen molar-refractivity contribution in [3.63, 3.8) is 0 Å². The number of nitro groups is 1. The van der Waals surface area contributed by atoms with E-state index < -0.39 is 0 Å². The molecule has 0 heterocycles. The van der Waals surface area contributed by atoms with Gasteiger partial charge in [0, 0.05) is 18.1 Å². The summed E-state index contributed by atoms with van der Waals surface area (Å²) in [5.41, 5.74) is 0.816. The number of benzene rings is 1. The van der Waals surface area contributed by atoms with Crippen LogP contribution in [0.15, 0.2) is 23.9 Å². The van der Waals surface area contributed by atoms with E-state index in [1.54, 1.807) is 31.4 Å². The number of allylic oxidation sites excluding steroid dienone is 1. The third kappa shape index (κ3) is 4.28. The fourth-order valence-electron chi connectivity index (χ4n) is 1.74. The van der Waals surface area contributed by atoms with Gasteiger partial charge in [0.1, 0.15) is 11.5 Å². The summed E-state index contributed by atoms with van der Waals surface area (Å²) in [6.07, 6.45) is 1.95. The quantitative estimate of drug-likeness (QED) is 0.584. The smallest absolute Gasteiger partial charge is 0.247 e. The SMILES string of the molecule is COc1ccc(OC)c(/C=C(/CC(C)C)[N+](=O)[O-])c1. The average Bonchev–Trinajstić information content (AvgIpc) is 2.37. The monoisotopic (exact) mass is 265 g/mol. The first-order valence-corrected chi connectivity index (χ1v) is 6.05. The molecule has 0 N–H and O–H groups in total. The number of methoxy groups -OCH3 is 2. The van der Waals surface area contributed by atoms with E-state index in [2.05, 4.69) is 0 Å². The van der Waals surface area contributed by atoms with Crippen LogP contribution in [0.3, 0.4) is 0 Å². The van der Waals surface area contributed by atoms with Crippen LogP contribution in [0, 0.1) is 16.0 Å². The van der Waals surface area contributed by atoms with Crippen LogP contribution in [0.5, 0.6) is 11.5 Å². The van der Waals surface area contributed by atoms with E-state index in [4.69, 9.17) is 9.47 Å². The lowest BCUT2D eigenvalue weighted by molar-refractivity contribution is -0.427. The molecule has 0 saturated carbocycles. The average molecular weight is 265 g/mol. The predicted molar refractivity (Wildman–Crippen MR) is 74.0 cm³/mol. The van der Waals surface area contributed by atoms with Gasteiger partial charge in [-0.15, -0.1) is 0 Å². The molecule has 0 aromatic heterocycles. The predicted octanol–water partition coefficient (Wildman–Crippen LogP) is 3.37. The van der Waals surface area contributed by atoms with Crippen LogP contribution in [0.4, 0.5) is 0 Å². The van der Waals surface area contributed by atoms with Crippen molar-refractivity contribution in [2.45, 2.75) is 20.3 Å². The summed E-state index contributed by atoms with van der Waals surface area (Å²) in [7, 11) is 3.09. The van der Waals surface area contributed by atoms with E-state index in [9.17, 15) is 10.1 Å². The molecule has 0 aliphatic rings. The highest BCUT2D eigenvalue weighted by Crippen LogP contribution is 2.27. The largest absolute Gasteiger partial charge is 0.497 e. The lowest BCUT2D eigenvalue weighted by atomic mass is 10.1. The first kappa shape index (κ1) is 15.0. The summed E-state index contributed by atoms with van der Waals surface area (Å²) in [5, 5.41) is 11.1. The van der Waals surface area contributed by atoms with Gasteiger partial charge in [-0.3, -0.25) is 10.1 Å². The Hall–Kier alpha value is -2.04. The zero-order chi connectivity index (χ0) is 14.4. The summed E-state index contributed by atoms with van der Waals surface area (Å²) in [4.78, 5) is 10.7. The highest BCUT2D eigenvalue weighted by atomic mass is 16.6. The minimum Gasteiger partial charge on any atom is -0.497 e. The Morgan fingerprint density at radius 3 is 2.53 bits per heavy atom. The Balaban J connectivity index is 3.21. The van der Waals surface area contributed by atoms with Gasteiger partial charge in [-0.1, -0.05) is 13.8 Å². The molecule has 0 fully saturated rings. The number of nitrogens with zero attached hydrogens (tertiary/aromatic N) is 1. The van der Waals surface area contributed by atoms with Gasteiger partial charge in [0.2, 0.25) is 5.70 Å². The summed E-state index contributed by atoms with van der Waals surface area (Å²) in [5.74, 6) is 1.44. The molecular weight excluding hydrogens is 246 g/mol. The van der Waals surface area contributed by atoms with Gasteiger partial charge < -0.3 is 9.47 Å². The molecule has 5 heteroatoms. The molecule has 0 atom stereocenters. The van der Waals surface area contributed by atoms with Crippen molar-refractivity contribution < 1.29 is 14.4 Å². The van der Waals surface area contributed by atoms with Crippen LogP contribution in [-0.2, 0) is 0 Å². The van der Waals surface area contributed by atoms with Gasteiger partial charge in [0.05, 0.1) is 19.1 Å². The fraction of sp³-hybridized carbons (Fsp3) is 0.429. The second kappa shape index (κ2) is 6.78. The van der Waals surface area contributed by atoms with Crippen molar-refractivity contribution in [1.82, 2.24) is 0 Å². The molecule has 5 nitrogen and oxygen atoms in total. The molecule has 0 saturated heterocycles. The van der Waals surface area contributed by atoms with E-state index in [0.717, 1.165) is 0 Å². The van der Waals surface area contributed by atoms with Gasteiger partial charge in [0.15, 0.2) is 0 Å². The van der Waals surface area contributed by atoms with E-state index in [-0.39, 0.29) is 16.5 Å². The number of ether oxygens (including phenoxy) is 2. The molecule has 0 radical (unpaired) electrons. The number of hydrogen-bond acceptors (Lipinski definition) is 4. The van der Waals surface area contributed by atoms with Crippen molar-refractivity contribution in [2.24, 2.45) is 5.92 Å². The fourth-order valence-corrected chi connectivity index (χ4v) is 1.74. The molecule has 0 bridgehead atoms. The van der Waals surface area contributed by atoms with Gasteiger partial charge in [-0.2, -0.15) is 0 Å². The zero-order valence-corrected chi connectivity index (χ0v) is 11.7. The lowest BCUT2D eigenvalue weighted by Gasteiger charge is -2.08. The minimum atomic E-state index is -0.348. The molecule has 19 heavy (non-hydrogen) atoms.